The molecule has 0 saturated carbocycles. The minimum Gasteiger partial charge on any atom is -0.478 e. The lowest BCUT2D eigenvalue weighted by Gasteiger charge is -2.08. The van der Waals surface area contributed by atoms with E-state index in [1.54, 1.807) is 24.5 Å². The van der Waals surface area contributed by atoms with Crippen molar-refractivity contribution in [2.45, 2.75) is 19.8 Å². The molecule has 2 heterocycles. The summed E-state index contributed by atoms with van der Waals surface area (Å²) in [5.41, 5.74) is 1.79. The van der Waals surface area contributed by atoms with Crippen LogP contribution in [0.15, 0.2) is 36.7 Å². The van der Waals surface area contributed by atoms with Gasteiger partial charge in [0, 0.05) is 11.9 Å². The van der Waals surface area contributed by atoms with Crippen molar-refractivity contribution in [2.24, 2.45) is 0 Å². The number of nitrogens with zero attached hydrogens (tertiary/aromatic N) is 2. The van der Waals surface area contributed by atoms with Crippen LogP contribution >= 0.6 is 0 Å². The van der Waals surface area contributed by atoms with Crippen LogP contribution in [0.1, 0.15) is 29.4 Å². The average molecular weight is 257 g/mol. The summed E-state index contributed by atoms with van der Waals surface area (Å²) < 4.78 is 0. The van der Waals surface area contributed by atoms with Crippen molar-refractivity contribution in [3.8, 4) is 0 Å². The van der Waals surface area contributed by atoms with Gasteiger partial charge in [0.1, 0.15) is 5.82 Å². The maximum Gasteiger partial charge on any atom is 0.335 e. The SMILES string of the molecule is CCCc1cc(C(=O)O)cc(Nc2cccnc2)n1. The van der Waals surface area contributed by atoms with Gasteiger partial charge in [-0.3, -0.25) is 4.98 Å². The summed E-state index contributed by atoms with van der Waals surface area (Å²) in [5, 5.41) is 12.2. The molecule has 5 nitrogen and oxygen atoms in total. The number of anilines is 2. The van der Waals surface area contributed by atoms with E-state index in [0.29, 0.717) is 5.82 Å². The molecule has 5 heteroatoms. The van der Waals surface area contributed by atoms with Gasteiger partial charge in [-0.1, -0.05) is 13.3 Å². The molecule has 0 saturated heterocycles. The first-order valence-electron chi connectivity index (χ1n) is 6.10. The number of aryl methyl sites for hydroxylation is 1. The Hall–Kier alpha value is -2.43. The zero-order valence-electron chi connectivity index (χ0n) is 10.6. The van der Waals surface area contributed by atoms with Crippen molar-refractivity contribution >= 4 is 17.5 Å². The second kappa shape index (κ2) is 5.95. The first-order valence-corrected chi connectivity index (χ1v) is 6.10. The zero-order valence-corrected chi connectivity index (χ0v) is 10.6. The lowest BCUT2D eigenvalue weighted by atomic mass is 10.1. The van der Waals surface area contributed by atoms with Gasteiger partial charge >= 0.3 is 5.97 Å². The molecule has 2 aromatic rings. The molecule has 2 aromatic heterocycles. The first kappa shape index (κ1) is 13.0. The molecule has 0 radical (unpaired) electrons. The maximum atomic E-state index is 11.1. The van der Waals surface area contributed by atoms with Crippen molar-refractivity contribution in [1.82, 2.24) is 9.97 Å². The fourth-order valence-corrected chi connectivity index (χ4v) is 1.74. The Kier molecular flexibility index (Phi) is 4.07. The van der Waals surface area contributed by atoms with Gasteiger partial charge in [0.05, 0.1) is 17.4 Å². The van der Waals surface area contributed by atoms with Crippen molar-refractivity contribution in [2.75, 3.05) is 5.32 Å². The van der Waals surface area contributed by atoms with Gasteiger partial charge in [-0.15, -0.1) is 0 Å². The molecule has 0 spiro atoms. The number of carboxylic acid groups (broad SMARTS) is 1. The zero-order chi connectivity index (χ0) is 13.7. The predicted octanol–water partition coefficient (Wildman–Crippen LogP) is 2.87. The lowest BCUT2D eigenvalue weighted by Crippen LogP contribution is -2.03. The van der Waals surface area contributed by atoms with E-state index in [9.17, 15) is 4.79 Å². The monoisotopic (exact) mass is 257 g/mol. The molecule has 0 aromatic carbocycles. The summed E-state index contributed by atoms with van der Waals surface area (Å²) in [6.45, 7) is 2.03. The van der Waals surface area contributed by atoms with Crippen LogP contribution in [-0.4, -0.2) is 21.0 Å². The Morgan fingerprint density at radius 2 is 2.26 bits per heavy atom. The molecule has 98 valence electrons. The molecule has 0 atom stereocenters. The van der Waals surface area contributed by atoms with Crippen LogP contribution in [0.4, 0.5) is 11.5 Å². The number of hydrogen-bond donors (Lipinski definition) is 2. The molecule has 0 aliphatic rings. The van der Waals surface area contributed by atoms with Crippen LogP contribution in [0, 0.1) is 0 Å². The summed E-state index contributed by atoms with van der Waals surface area (Å²) in [7, 11) is 0. The normalized spacial score (nSPS) is 10.2. The van der Waals surface area contributed by atoms with E-state index in [-0.39, 0.29) is 5.56 Å². The van der Waals surface area contributed by atoms with Crippen LogP contribution in [0.25, 0.3) is 0 Å². The Morgan fingerprint density at radius 1 is 1.42 bits per heavy atom. The fraction of sp³-hybridized carbons (Fsp3) is 0.214. The third-order valence-electron chi connectivity index (χ3n) is 2.57. The summed E-state index contributed by atoms with van der Waals surface area (Å²) >= 11 is 0. The molecular weight excluding hydrogens is 242 g/mol. The molecule has 0 amide bonds. The average Bonchev–Trinajstić information content (AvgIpc) is 2.40. The van der Waals surface area contributed by atoms with Crippen LogP contribution in [-0.2, 0) is 6.42 Å². The van der Waals surface area contributed by atoms with Gasteiger partial charge in [0.25, 0.3) is 0 Å². The highest BCUT2D eigenvalue weighted by Crippen LogP contribution is 2.17. The predicted molar refractivity (Wildman–Crippen MR) is 72.7 cm³/mol. The minimum absolute atomic E-state index is 0.241. The van der Waals surface area contributed by atoms with Gasteiger partial charge < -0.3 is 10.4 Å². The third-order valence-corrected chi connectivity index (χ3v) is 2.57. The van der Waals surface area contributed by atoms with E-state index in [4.69, 9.17) is 5.11 Å². The Morgan fingerprint density at radius 3 is 2.89 bits per heavy atom. The molecule has 0 aliphatic heterocycles. The number of rotatable bonds is 5. The van der Waals surface area contributed by atoms with Crippen molar-refractivity contribution in [3.63, 3.8) is 0 Å². The van der Waals surface area contributed by atoms with Gasteiger partial charge in [-0.05, 0) is 30.7 Å². The molecule has 19 heavy (non-hydrogen) atoms. The highest BCUT2D eigenvalue weighted by Gasteiger charge is 2.08. The van der Waals surface area contributed by atoms with Gasteiger partial charge in [0.15, 0.2) is 0 Å². The maximum absolute atomic E-state index is 11.1. The van der Waals surface area contributed by atoms with Gasteiger partial charge in [0.2, 0.25) is 0 Å². The third kappa shape index (κ3) is 3.51. The molecule has 0 aliphatic carbocycles. The van der Waals surface area contributed by atoms with Crippen molar-refractivity contribution < 1.29 is 9.90 Å². The Balaban J connectivity index is 2.31. The van der Waals surface area contributed by atoms with E-state index < -0.39 is 5.97 Å². The second-order valence-electron chi connectivity index (χ2n) is 4.15. The van der Waals surface area contributed by atoms with E-state index in [1.807, 2.05) is 13.0 Å². The second-order valence-corrected chi connectivity index (χ2v) is 4.15. The fourth-order valence-electron chi connectivity index (χ4n) is 1.74. The summed E-state index contributed by atoms with van der Waals surface area (Å²) in [6, 6.07) is 6.78. The van der Waals surface area contributed by atoms with Crippen molar-refractivity contribution in [1.29, 1.82) is 0 Å². The van der Waals surface area contributed by atoms with Gasteiger partial charge in [-0.2, -0.15) is 0 Å². The van der Waals surface area contributed by atoms with Crippen LogP contribution in [0.3, 0.4) is 0 Å². The van der Waals surface area contributed by atoms with Crippen molar-refractivity contribution in [3.05, 3.63) is 47.9 Å². The van der Waals surface area contributed by atoms with Crippen LogP contribution in [0.2, 0.25) is 0 Å². The van der Waals surface area contributed by atoms with Crippen LogP contribution in [0.5, 0.6) is 0 Å². The number of pyridine rings is 2. The first-order chi connectivity index (χ1) is 9.19. The highest BCUT2D eigenvalue weighted by atomic mass is 16.4. The topological polar surface area (TPSA) is 75.1 Å². The summed E-state index contributed by atoms with van der Waals surface area (Å²) in [6.07, 6.45) is 5.01. The summed E-state index contributed by atoms with van der Waals surface area (Å²) in [4.78, 5) is 19.5. The molecule has 2 N–H and O–H groups in total. The Bertz CT molecular complexity index is 570. The molecule has 0 bridgehead atoms. The number of carbonyl (C=O) groups is 1. The van der Waals surface area contributed by atoms with E-state index >= 15 is 0 Å². The molecule has 0 fully saturated rings. The minimum atomic E-state index is -0.950. The molecule has 2 rings (SSSR count). The number of nitrogens with one attached hydrogen (secondary N) is 1. The number of hydrogen-bond acceptors (Lipinski definition) is 4. The highest BCUT2D eigenvalue weighted by molar-refractivity contribution is 5.88. The quantitative estimate of drug-likeness (QED) is 0.861. The number of aromatic nitrogens is 2. The number of aromatic carboxylic acids is 1. The number of carboxylic acids is 1. The van der Waals surface area contributed by atoms with E-state index in [0.717, 1.165) is 24.2 Å². The van der Waals surface area contributed by atoms with Gasteiger partial charge in [-0.25, -0.2) is 9.78 Å². The van der Waals surface area contributed by atoms with Crippen LogP contribution < -0.4 is 5.32 Å². The molecule has 0 unspecified atom stereocenters. The largest absolute Gasteiger partial charge is 0.478 e. The smallest absolute Gasteiger partial charge is 0.335 e. The van der Waals surface area contributed by atoms with E-state index in [1.165, 1.54) is 6.07 Å². The lowest BCUT2D eigenvalue weighted by molar-refractivity contribution is 0.0696. The molecular formula is C14H15N3O2. The van der Waals surface area contributed by atoms with E-state index in [2.05, 4.69) is 15.3 Å². The summed E-state index contributed by atoms with van der Waals surface area (Å²) in [5.74, 6) is -0.426. The Labute approximate surface area is 111 Å². The standard InChI is InChI=1S/C14H15N3O2/c1-2-4-11-7-10(14(18)19)8-13(16-11)17-12-5-3-6-15-9-12/h3,5-9H,2,4H2,1H3,(H,16,17)(H,18,19).